The van der Waals surface area contributed by atoms with E-state index in [9.17, 15) is 4.79 Å². The number of ketones is 1. The maximum Gasteiger partial charge on any atom is 0.213 e. The molecule has 1 saturated heterocycles. The minimum atomic E-state index is -0.0865. The maximum absolute atomic E-state index is 12.7. The van der Waals surface area contributed by atoms with E-state index in [0.29, 0.717) is 16.3 Å². The van der Waals surface area contributed by atoms with Gasteiger partial charge in [-0.15, -0.1) is 0 Å². The number of allylic oxidation sites excluding steroid dienone is 1. The summed E-state index contributed by atoms with van der Waals surface area (Å²) in [6.45, 7) is 1.59. The number of hydrogen-bond donors (Lipinski definition) is 2. The molecule has 0 unspecified atom stereocenters. The van der Waals surface area contributed by atoms with Gasteiger partial charge in [0, 0.05) is 36.1 Å². The van der Waals surface area contributed by atoms with Crippen LogP contribution in [0.1, 0.15) is 10.4 Å². The lowest BCUT2D eigenvalue weighted by Gasteiger charge is -2.12. The number of benzene rings is 1. The van der Waals surface area contributed by atoms with Gasteiger partial charge in [-0.25, -0.2) is 4.98 Å². The van der Waals surface area contributed by atoms with E-state index in [0.717, 1.165) is 18.9 Å². The summed E-state index contributed by atoms with van der Waals surface area (Å²) in [6, 6.07) is 6.86. The monoisotopic (exact) mass is 288 g/mol. The molecule has 20 heavy (non-hydrogen) atoms. The van der Waals surface area contributed by atoms with E-state index >= 15 is 0 Å². The van der Waals surface area contributed by atoms with Gasteiger partial charge in [0.1, 0.15) is 11.5 Å². The van der Waals surface area contributed by atoms with E-state index in [1.54, 1.807) is 47.6 Å². The quantitative estimate of drug-likeness (QED) is 0.667. The highest BCUT2D eigenvalue weighted by molar-refractivity contribution is 6.31. The summed E-state index contributed by atoms with van der Waals surface area (Å²) in [5, 5.41) is 6.97. The third-order valence-electron chi connectivity index (χ3n) is 3.05. The van der Waals surface area contributed by atoms with E-state index in [1.165, 1.54) is 0 Å². The molecule has 2 heterocycles. The summed E-state index contributed by atoms with van der Waals surface area (Å²) < 4.78 is 1.71. The molecule has 5 nitrogen and oxygen atoms in total. The minimum Gasteiger partial charge on any atom is -0.368 e. The summed E-state index contributed by atoms with van der Waals surface area (Å²) in [6.07, 6.45) is 5.00. The summed E-state index contributed by atoms with van der Waals surface area (Å²) >= 11 is 5.86. The number of nitrogens with zero attached hydrogens (tertiary/aromatic N) is 2. The number of hydrogen-bond acceptors (Lipinski definition) is 4. The predicted octanol–water partition coefficient (Wildman–Crippen LogP) is 1.74. The Balaban J connectivity index is 2.04. The van der Waals surface area contributed by atoms with Crippen LogP contribution in [0.15, 0.2) is 48.8 Å². The van der Waals surface area contributed by atoms with Crippen LogP contribution in [0.2, 0.25) is 5.02 Å². The predicted molar refractivity (Wildman–Crippen MR) is 77.2 cm³/mol. The fraction of sp³-hybridized carbons (Fsp3) is 0.143. The average molecular weight is 289 g/mol. The highest BCUT2D eigenvalue weighted by atomic mass is 35.5. The van der Waals surface area contributed by atoms with E-state index in [-0.39, 0.29) is 5.78 Å². The molecule has 102 valence electrons. The van der Waals surface area contributed by atoms with Crippen molar-refractivity contribution in [2.24, 2.45) is 0 Å². The summed E-state index contributed by atoms with van der Waals surface area (Å²) in [5.74, 6) is 0.638. The molecule has 0 bridgehead atoms. The Bertz CT molecular complexity index is 638. The molecule has 1 aromatic heterocycles. The average Bonchev–Trinajstić information content (AvgIpc) is 3.13. The lowest BCUT2D eigenvalue weighted by atomic mass is 10.1. The number of carbonyl (C=O) groups is 1. The molecule has 0 aliphatic carbocycles. The summed E-state index contributed by atoms with van der Waals surface area (Å²) in [7, 11) is 0. The van der Waals surface area contributed by atoms with Gasteiger partial charge in [-0.05, 0) is 24.3 Å². The van der Waals surface area contributed by atoms with Crippen LogP contribution < -0.4 is 10.6 Å². The second kappa shape index (κ2) is 5.38. The van der Waals surface area contributed by atoms with E-state index in [1.807, 2.05) is 0 Å². The first-order chi connectivity index (χ1) is 9.75. The number of rotatable bonds is 3. The van der Waals surface area contributed by atoms with E-state index in [4.69, 9.17) is 11.6 Å². The molecule has 2 aromatic rings. The van der Waals surface area contributed by atoms with Crippen LogP contribution in [0.4, 0.5) is 0 Å². The van der Waals surface area contributed by atoms with Crippen molar-refractivity contribution in [3.63, 3.8) is 0 Å². The molecule has 1 aliphatic heterocycles. The molecule has 6 heteroatoms. The number of halogens is 1. The van der Waals surface area contributed by atoms with Crippen LogP contribution in [0.3, 0.4) is 0 Å². The van der Waals surface area contributed by atoms with Crippen LogP contribution in [-0.4, -0.2) is 28.4 Å². The number of carbonyl (C=O) groups excluding carboxylic acids is 1. The van der Waals surface area contributed by atoms with Crippen molar-refractivity contribution in [3.05, 3.63) is 59.4 Å². The standard InChI is InChI=1S/C14H13ClN4O/c15-11-3-1-10(2-4-11)13(20)12(14-17-5-6-18-14)19-8-7-16-9-19/h1-4,7-9,17-18H,5-6H2. The highest BCUT2D eigenvalue weighted by Crippen LogP contribution is 2.18. The lowest BCUT2D eigenvalue weighted by Crippen LogP contribution is -2.21. The second-order valence-electron chi connectivity index (χ2n) is 4.38. The highest BCUT2D eigenvalue weighted by Gasteiger charge is 2.21. The van der Waals surface area contributed by atoms with Gasteiger partial charge >= 0.3 is 0 Å². The van der Waals surface area contributed by atoms with Gasteiger partial charge in [0.15, 0.2) is 0 Å². The molecule has 3 rings (SSSR count). The van der Waals surface area contributed by atoms with Gasteiger partial charge in [0.2, 0.25) is 5.78 Å². The third-order valence-corrected chi connectivity index (χ3v) is 3.30. The molecule has 1 aromatic carbocycles. The maximum atomic E-state index is 12.7. The van der Waals surface area contributed by atoms with Crippen LogP contribution in [0, 0.1) is 0 Å². The number of nitrogens with one attached hydrogen (secondary N) is 2. The van der Waals surface area contributed by atoms with Gasteiger partial charge in [-0.2, -0.15) is 0 Å². The van der Waals surface area contributed by atoms with Crippen molar-refractivity contribution in [3.8, 4) is 0 Å². The Labute approximate surface area is 121 Å². The Kier molecular flexibility index (Phi) is 3.43. The van der Waals surface area contributed by atoms with Gasteiger partial charge in [-0.1, -0.05) is 11.6 Å². The topological polar surface area (TPSA) is 59.0 Å². The minimum absolute atomic E-state index is 0.0865. The van der Waals surface area contributed by atoms with Crippen molar-refractivity contribution in [1.29, 1.82) is 0 Å². The summed E-state index contributed by atoms with van der Waals surface area (Å²) in [4.78, 5) is 16.7. The van der Waals surface area contributed by atoms with Gasteiger partial charge in [0.25, 0.3) is 0 Å². The first-order valence-corrected chi connectivity index (χ1v) is 6.64. The zero-order valence-electron chi connectivity index (χ0n) is 10.6. The fourth-order valence-electron chi connectivity index (χ4n) is 2.09. The molecule has 0 atom stereocenters. The zero-order valence-corrected chi connectivity index (χ0v) is 11.4. The Morgan fingerprint density at radius 3 is 2.50 bits per heavy atom. The molecular formula is C14H13ClN4O. The number of imidazole rings is 1. The van der Waals surface area contributed by atoms with Crippen molar-refractivity contribution in [2.45, 2.75) is 0 Å². The van der Waals surface area contributed by atoms with Crippen LogP contribution in [0.5, 0.6) is 0 Å². The molecule has 0 saturated carbocycles. The first kappa shape index (κ1) is 12.7. The van der Waals surface area contributed by atoms with Crippen LogP contribution in [0.25, 0.3) is 5.70 Å². The molecule has 1 aliphatic rings. The Morgan fingerprint density at radius 1 is 1.20 bits per heavy atom. The van der Waals surface area contributed by atoms with E-state index < -0.39 is 0 Å². The molecule has 0 radical (unpaired) electrons. The Hall–Kier alpha value is -2.27. The normalized spacial score (nSPS) is 13.8. The van der Waals surface area contributed by atoms with Gasteiger partial charge < -0.3 is 10.6 Å². The summed E-state index contributed by atoms with van der Waals surface area (Å²) in [5.41, 5.74) is 1.11. The van der Waals surface area contributed by atoms with Crippen molar-refractivity contribution >= 4 is 23.1 Å². The van der Waals surface area contributed by atoms with Crippen molar-refractivity contribution in [1.82, 2.24) is 20.2 Å². The molecule has 0 amide bonds. The molecular weight excluding hydrogens is 276 g/mol. The molecule has 2 N–H and O–H groups in total. The van der Waals surface area contributed by atoms with Gasteiger partial charge in [0.05, 0.1) is 6.33 Å². The number of Topliss-reactive ketones (excluding diaryl/α,β-unsaturated/α-hetero) is 1. The molecule has 1 fully saturated rings. The first-order valence-electron chi connectivity index (χ1n) is 6.26. The van der Waals surface area contributed by atoms with Crippen LogP contribution in [-0.2, 0) is 0 Å². The zero-order chi connectivity index (χ0) is 13.9. The molecule has 0 spiro atoms. The smallest absolute Gasteiger partial charge is 0.213 e. The van der Waals surface area contributed by atoms with E-state index in [2.05, 4.69) is 15.6 Å². The van der Waals surface area contributed by atoms with Gasteiger partial charge in [-0.3, -0.25) is 9.36 Å². The number of aromatic nitrogens is 2. The second-order valence-corrected chi connectivity index (χ2v) is 4.82. The fourth-order valence-corrected chi connectivity index (χ4v) is 2.22. The van der Waals surface area contributed by atoms with Crippen LogP contribution >= 0.6 is 11.6 Å². The largest absolute Gasteiger partial charge is 0.368 e. The van der Waals surface area contributed by atoms with Crippen molar-refractivity contribution < 1.29 is 4.79 Å². The van der Waals surface area contributed by atoms with Crippen molar-refractivity contribution in [2.75, 3.05) is 13.1 Å². The SMILES string of the molecule is O=C(C(=C1NCCN1)n1ccnc1)c1ccc(Cl)cc1. The third kappa shape index (κ3) is 2.40. The Morgan fingerprint density at radius 2 is 1.90 bits per heavy atom. The lowest BCUT2D eigenvalue weighted by molar-refractivity contribution is 0.105.